The third kappa shape index (κ3) is 4.12. The van der Waals surface area contributed by atoms with Crippen LogP contribution in [0.15, 0.2) is 53.4 Å². The van der Waals surface area contributed by atoms with E-state index in [1.165, 1.54) is 17.3 Å². The van der Waals surface area contributed by atoms with Crippen molar-refractivity contribution in [2.75, 3.05) is 11.1 Å². The van der Waals surface area contributed by atoms with E-state index >= 15 is 0 Å². The van der Waals surface area contributed by atoms with Gasteiger partial charge in [0, 0.05) is 10.6 Å². The van der Waals surface area contributed by atoms with Gasteiger partial charge in [0.25, 0.3) is 5.91 Å². The second-order valence-corrected chi connectivity index (χ2v) is 6.19. The monoisotopic (exact) mass is 310 g/mol. The minimum absolute atomic E-state index is 0.154. The van der Waals surface area contributed by atoms with Crippen molar-refractivity contribution in [3.8, 4) is 6.07 Å². The molecule has 0 radical (unpaired) electrons. The SMILES string of the molecule is CC(C)c1ccc(NC(=O)c2ccccc2SCC#N)cc1. The van der Waals surface area contributed by atoms with Crippen molar-refractivity contribution in [2.24, 2.45) is 0 Å². The molecule has 0 aromatic heterocycles. The second-order valence-electron chi connectivity index (χ2n) is 5.17. The van der Waals surface area contributed by atoms with Gasteiger partial charge in [0.2, 0.25) is 0 Å². The van der Waals surface area contributed by atoms with E-state index in [9.17, 15) is 4.79 Å². The molecule has 4 heteroatoms. The number of thioether (sulfide) groups is 1. The Labute approximate surface area is 135 Å². The number of benzene rings is 2. The van der Waals surface area contributed by atoms with Gasteiger partial charge in [-0.25, -0.2) is 0 Å². The van der Waals surface area contributed by atoms with Crippen molar-refractivity contribution in [1.29, 1.82) is 5.26 Å². The van der Waals surface area contributed by atoms with Crippen LogP contribution in [-0.2, 0) is 0 Å². The average Bonchev–Trinajstić information content (AvgIpc) is 2.53. The lowest BCUT2D eigenvalue weighted by atomic mass is 10.0. The highest BCUT2D eigenvalue weighted by atomic mass is 32.2. The molecule has 0 saturated carbocycles. The molecule has 0 unspecified atom stereocenters. The summed E-state index contributed by atoms with van der Waals surface area (Å²) in [5.41, 5.74) is 2.60. The van der Waals surface area contributed by atoms with Gasteiger partial charge in [-0.1, -0.05) is 38.1 Å². The van der Waals surface area contributed by atoms with Gasteiger partial charge in [-0.3, -0.25) is 4.79 Å². The summed E-state index contributed by atoms with van der Waals surface area (Å²) in [6.07, 6.45) is 0. The fraction of sp³-hybridized carbons (Fsp3) is 0.222. The van der Waals surface area contributed by atoms with E-state index in [0.29, 0.717) is 17.2 Å². The number of rotatable bonds is 5. The Morgan fingerprint density at radius 3 is 2.50 bits per heavy atom. The van der Waals surface area contributed by atoms with Crippen LogP contribution in [0, 0.1) is 11.3 Å². The van der Waals surface area contributed by atoms with Crippen LogP contribution in [0.2, 0.25) is 0 Å². The highest BCUT2D eigenvalue weighted by Crippen LogP contribution is 2.23. The zero-order valence-corrected chi connectivity index (χ0v) is 13.5. The van der Waals surface area contributed by atoms with Gasteiger partial charge in [-0.15, -0.1) is 11.8 Å². The molecule has 2 aromatic rings. The molecule has 0 spiro atoms. The Hall–Kier alpha value is -2.25. The topological polar surface area (TPSA) is 52.9 Å². The van der Waals surface area contributed by atoms with E-state index in [1.54, 1.807) is 6.07 Å². The first-order valence-electron chi connectivity index (χ1n) is 7.12. The molecule has 0 atom stereocenters. The predicted molar refractivity (Wildman–Crippen MR) is 91.3 cm³/mol. The Bertz CT molecular complexity index is 687. The van der Waals surface area contributed by atoms with E-state index in [1.807, 2.05) is 42.5 Å². The lowest BCUT2D eigenvalue weighted by molar-refractivity contribution is 0.102. The summed E-state index contributed by atoms with van der Waals surface area (Å²) < 4.78 is 0. The average molecular weight is 310 g/mol. The maximum atomic E-state index is 12.4. The van der Waals surface area contributed by atoms with Crippen LogP contribution < -0.4 is 5.32 Å². The first kappa shape index (κ1) is 16.1. The Kier molecular flexibility index (Phi) is 5.62. The molecule has 2 rings (SSSR count). The molecule has 0 aliphatic rings. The van der Waals surface area contributed by atoms with E-state index in [4.69, 9.17) is 5.26 Å². The second kappa shape index (κ2) is 7.67. The van der Waals surface area contributed by atoms with Crippen LogP contribution in [0.3, 0.4) is 0 Å². The molecule has 0 heterocycles. The van der Waals surface area contributed by atoms with Crippen molar-refractivity contribution in [2.45, 2.75) is 24.7 Å². The third-order valence-corrected chi connectivity index (χ3v) is 4.20. The fourth-order valence-corrected chi connectivity index (χ4v) is 2.75. The van der Waals surface area contributed by atoms with Gasteiger partial charge in [-0.05, 0) is 35.7 Å². The van der Waals surface area contributed by atoms with Crippen LogP contribution >= 0.6 is 11.8 Å². The smallest absolute Gasteiger partial charge is 0.256 e. The first-order chi connectivity index (χ1) is 10.6. The van der Waals surface area contributed by atoms with E-state index < -0.39 is 0 Å². The van der Waals surface area contributed by atoms with Gasteiger partial charge < -0.3 is 5.32 Å². The summed E-state index contributed by atoms with van der Waals surface area (Å²) in [4.78, 5) is 13.2. The van der Waals surface area contributed by atoms with Crippen molar-refractivity contribution < 1.29 is 4.79 Å². The number of hydrogen-bond donors (Lipinski definition) is 1. The largest absolute Gasteiger partial charge is 0.322 e. The normalized spacial score (nSPS) is 10.3. The minimum atomic E-state index is -0.154. The molecule has 1 N–H and O–H groups in total. The van der Waals surface area contributed by atoms with Gasteiger partial charge >= 0.3 is 0 Å². The number of carbonyl (C=O) groups is 1. The first-order valence-corrected chi connectivity index (χ1v) is 8.10. The van der Waals surface area contributed by atoms with Crippen molar-refractivity contribution in [3.05, 3.63) is 59.7 Å². The van der Waals surface area contributed by atoms with Crippen LogP contribution in [0.4, 0.5) is 5.69 Å². The Morgan fingerprint density at radius 1 is 1.18 bits per heavy atom. The summed E-state index contributed by atoms with van der Waals surface area (Å²) in [5.74, 6) is 0.638. The van der Waals surface area contributed by atoms with Gasteiger partial charge in [0.15, 0.2) is 0 Å². The number of anilines is 1. The maximum Gasteiger partial charge on any atom is 0.256 e. The Balaban J connectivity index is 2.14. The predicted octanol–water partition coefficient (Wildman–Crippen LogP) is 4.68. The molecule has 0 aliphatic carbocycles. The maximum absolute atomic E-state index is 12.4. The van der Waals surface area contributed by atoms with E-state index in [0.717, 1.165) is 10.6 Å². The van der Waals surface area contributed by atoms with Gasteiger partial charge in [0.05, 0.1) is 17.4 Å². The quantitative estimate of drug-likeness (QED) is 0.816. The number of nitrogens with one attached hydrogen (secondary N) is 1. The molecule has 22 heavy (non-hydrogen) atoms. The highest BCUT2D eigenvalue weighted by molar-refractivity contribution is 7.99. The number of hydrogen-bond acceptors (Lipinski definition) is 3. The fourth-order valence-electron chi connectivity index (χ4n) is 2.04. The number of nitrogens with zero attached hydrogens (tertiary/aromatic N) is 1. The lowest BCUT2D eigenvalue weighted by Gasteiger charge is -2.10. The third-order valence-electron chi connectivity index (χ3n) is 3.26. The lowest BCUT2D eigenvalue weighted by Crippen LogP contribution is -2.13. The molecule has 0 saturated heterocycles. The minimum Gasteiger partial charge on any atom is -0.322 e. The van der Waals surface area contributed by atoms with Gasteiger partial charge in [-0.2, -0.15) is 5.26 Å². The molecule has 1 amide bonds. The number of carbonyl (C=O) groups excluding carboxylic acids is 1. The highest BCUT2D eigenvalue weighted by Gasteiger charge is 2.11. The molecule has 0 aliphatic heterocycles. The number of nitriles is 1. The standard InChI is InChI=1S/C18H18N2OS/c1-13(2)14-7-9-15(10-8-14)20-18(21)16-5-3-4-6-17(16)22-12-11-19/h3-10,13H,12H2,1-2H3,(H,20,21). The molecular weight excluding hydrogens is 292 g/mol. The van der Waals surface area contributed by atoms with Crippen molar-refractivity contribution in [3.63, 3.8) is 0 Å². The zero-order chi connectivity index (χ0) is 15.9. The van der Waals surface area contributed by atoms with Crippen molar-refractivity contribution >= 4 is 23.4 Å². The molecular formula is C18H18N2OS. The molecule has 0 bridgehead atoms. The number of amides is 1. The zero-order valence-electron chi connectivity index (χ0n) is 12.7. The van der Waals surface area contributed by atoms with Crippen molar-refractivity contribution in [1.82, 2.24) is 0 Å². The van der Waals surface area contributed by atoms with Crippen LogP contribution in [-0.4, -0.2) is 11.7 Å². The Morgan fingerprint density at radius 2 is 1.86 bits per heavy atom. The summed E-state index contributed by atoms with van der Waals surface area (Å²) in [6, 6.07) is 17.3. The summed E-state index contributed by atoms with van der Waals surface area (Å²) in [5, 5.41) is 11.6. The molecule has 2 aromatic carbocycles. The summed E-state index contributed by atoms with van der Waals surface area (Å²) in [6.45, 7) is 4.27. The van der Waals surface area contributed by atoms with E-state index in [-0.39, 0.29) is 5.91 Å². The molecule has 112 valence electrons. The summed E-state index contributed by atoms with van der Waals surface area (Å²) >= 11 is 1.37. The van der Waals surface area contributed by atoms with Crippen LogP contribution in [0.1, 0.15) is 35.7 Å². The molecule has 3 nitrogen and oxygen atoms in total. The van der Waals surface area contributed by atoms with Crippen LogP contribution in [0.25, 0.3) is 0 Å². The summed E-state index contributed by atoms with van der Waals surface area (Å²) in [7, 11) is 0. The van der Waals surface area contributed by atoms with E-state index in [2.05, 4.69) is 25.2 Å². The van der Waals surface area contributed by atoms with Gasteiger partial charge in [0.1, 0.15) is 0 Å². The molecule has 0 fully saturated rings. The van der Waals surface area contributed by atoms with Crippen LogP contribution in [0.5, 0.6) is 0 Å².